The van der Waals surface area contributed by atoms with Crippen molar-refractivity contribution in [3.05, 3.63) is 58.8 Å². The Morgan fingerprint density at radius 2 is 1.72 bits per heavy atom. The molecule has 3 aromatic rings. The minimum atomic E-state index is -2.00. The summed E-state index contributed by atoms with van der Waals surface area (Å²) in [5, 5.41) is 70.5. The SMILES string of the molecule is O=c1cc(-c2ccc(O)cc2)oc2cc(O[C@@H]3O[C@H](CO)[C@@H](O)[C@H](O)[C@H]3O[C@H]3OC[C@](O)(CO)[C@H]3O)ccc12. The topological polar surface area (TPSA) is 209 Å². The lowest BCUT2D eigenvalue weighted by Crippen LogP contribution is -2.62. The molecule has 0 radical (unpaired) electrons. The van der Waals surface area contributed by atoms with E-state index in [9.17, 15) is 40.5 Å². The van der Waals surface area contributed by atoms with Crippen molar-refractivity contribution in [3.63, 3.8) is 0 Å². The first kappa shape index (κ1) is 27.5. The minimum Gasteiger partial charge on any atom is -0.508 e. The van der Waals surface area contributed by atoms with Crippen LogP contribution in [0.1, 0.15) is 0 Å². The first-order valence-electron chi connectivity index (χ1n) is 12.1. The van der Waals surface area contributed by atoms with E-state index in [4.69, 9.17) is 23.4 Å². The minimum absolute atomic E-state index is 0.0480. The zero-order chi connectivity index (χ0) is 27.9. The Kier molecular flexibility index (Phi) is 7.61. The molecule has 5 rings (SSSR count). The second-order valence-electron chi connectivity index (χ2n) is 9.49. The first-order valence-corrected chi connectivity index (χ1v) is 12.1. The predicted octanol–water partition coefficient (Wildman–Crippen LogP) is -1.19. The van der Waals surface area contributed by atoms with Gasteiger partial charge in [0.05, 0.1) is 25.2 Å². The summed E-state index contributed by atoms with van der Waals surface area (Å²) in [7, 11) is 0. The molecule has 2 aliphatic heterocycles. The van der Waals surface area contributed by atoms with Gasteiger partial charge in [-0.2, -0.15) is 0 Å². The highest BCUT2D eigenvalue weighted by molar-refractivity contribution is 5.80. The average molecular weight is 548 g/mol. The maximum Gasteiger partial charge on any atom is 0.229 e. The van der Waals surface area contributed by atoms with Crippen LogP contribution in [-0.4, -0.2) is 104 Å². The highest BCUT2D eigenvalue weighted by Gasteiger charge is 2.53. The van der Waals surface area contributed by atoms with Crippen molar-refractivity contribution in [2.24, 2.45) is 0 Å². The average Bonchev–Trinajstić information content (AvgIpc) is 3.22. The number of aliphatic hydroxyl groups excluding tert-OH is 5. The number of benzene rings is 2. The number of aliphatic hydroxyl groups is 6. The van der Waals surface area contributed by atoms with E-state index in [2.05, 4.69) is 0 Å². The van der Waals surface area contributed by atoms with Gasteiger partial charge in [0.15, 0.2) is 17.8 Å². The van der Waals surface area contributed by atoms with Gasteiger partial charge in [0.25, 0.3) is 0 Å². The molecular formula is C26H28O13. The number of phenols is 1. The fraction of sp³-hybridized carbons (Fsp3) is 0.423. The van der Waals surface area contributed by atoms with Crippen LogP contribution in [0.2, 0.25) is 0 Å². The Labute approximate surface area is 220 Å². The van der Waals surface area contributed by atoms with Crippen molar-refractivity contribution < 1.29 is 59.1 Å². The fourth-order valence-corrected chi connectivity index (χ4v) is 4.47. The van der Waals surface area contributed by atoms with Gasteiger partial charge in [-0.15, -0.1) is 0 Å². The van der Waals surface area contributed by atoms with E-state index < -0.39 is 68.5 Å². The van der Waals surface area contributed by atoms with Gasteiger partial charge in [0, 0.05) is 17.7 Å². The molecule has 2 saturated heterocycles. The number of aromatic hydroxyl groups is 1. The van der Waals surface area contributed by atoms with Crippen molar-refractivity contribution in [2.75, 3.05) is 19.8 Å². The Bertz CT molecular complexity index is 1360. The Balaban J connectivity index is 1.44. The maximum atomic E-state index is 12.7. The van der Waals surface area contributed by atoms with E-state index in [0.29, 0.717) is 5.56 Å². The van der Waals surface area contributed by atoms with E-state index >= 15 is 0 Å². The van der Waals surface area contributed by atoms with Crippen LogP contribution in [0.5, 0.6) is 11.5 Å². The molecule has 0 unspecified atom stereocenters. The molecule has 13 nitrogen and oxygen atoms in total. The lowest BCUT2D eigenvalue weighted by Gasteiger charge is -2.42. The van der Waals surface area contributed by atoms with Crippen LogP contribution >= 0.6 is 0 Å². The molecule has 2 aromatic carbocycles. The molecular weight excluding hydrogens is 520 g/mol. The second kappa shape index (κ2) is 10.8. The van der Waals surface area contributed by atoms with Crippen LogP contribution in [0.4, 0.5) is 0 Å². The van der Waals surface area contributed by atoms with Gasteiger partial charge in [-0.25, -0.2) is 0 Å². The summed E-state index contributed by atoms with van der Waals surface area (Å²) in [6.45, 7) is -1.94. The third-order valence-corrected chi connectivity index (χ3v) is 6.80. The molecule has 8 atom stereocenters. The Morgan fingerprint density at radius 3 is 2.38 bits per heavy atom. The number of hydrogen-bond donors (Lipinski definition) is 7. The largest absolute Gasteiger partial charge is 0.508 e. The van der Waals surface area contributed by atoms with Crippen molar-refractivity contribution >= 4 is 11.0 Å². The zero-order valence-electron chi connectivity index (χ0n) is 20.4. The Hall–Kier alpha value is -3.11. The third kappa shape index (κ3) is 5.24. The molecule has 2 aliphatic rings. The van der Waals surface area contributed by atoms with Crippen molar-refractivity contribution in [2.45, 2.75) is 48.7 Å². The van der Waals surface area contributed by atoms with Crippen LogP contribution in [-0.2, 0) is 14.2 Å². The molecule has 7 N–H and O–H groups in total. The van der Waals surface area contributed by atoms with E-state index in [-0.39, 0.29) is 33.7 Å². The van der Waals surface area contributed by atoms with Crippen molar-refractivity contribution in [1.82, 2.24) is 0 Å². The van der Waals surface area contributed by atoms with E-state index in [0.717, 1.165) is 0 Å². The van der Waals surface area contributed by atoms with Crippen LogP contribution in [0, 0.1) is 0 Å². The highest BCUT2D eigenvalue weighted by Crippen LogP contribution is 2.33. The molecule has 0 amide bonds. The Morgan fingerprint density at radius 1 is 0.974 bits per heavy atom. The smallest absolute Gasteiger partial charge is 0.229 e. The monoisotopic (exact) mass is 548 g/mol. The fourth-order valence-electron chi connectivity index (χ4n) is 4.47. The summed E-state index contributed by atoms with van der Waals surface area (Å²) in [5.41, 5.74) is -1.64. The summed E-state index contributed by atoms with van der Waals surface area (Å²) in [5.74, 6) is 0.390. The van der Waals surface area contributed by atoms with Crippen LogP contribution in [0.3, 0.4) is 0 Å². The molecule has 1 aromatic heterocycles. The van der Waals surface area contributed by atoms with Crippen molar-refractivity contribution in [3.8, 4) is 22.8 Å². The molecule has 39 heavy (non-hydrogen) atoms. The van der Waals surface area contributed by atoms with Gasteiger partial charge in [-0.1, -0.05) is 0 Å². The molecule has 0 bridgehead atoms. The van der Waals surface area contributed by atoms with E-state index in [1.807, 2.05) is 0 Å². The van der Waals surface area contributed by atoms with Crippen LogP contribution in [0.25, 0.3) is 22.3 Å². The van der Waals surface area contributed by atoms with Crippen LogP contribution in [0.15, 0.2) is 57.7 Å². The number of hydrogen-bond acceptors (Lipinski definition) is 13. The van der Waals surface area contributed by atoms with Gasteiger partial charge < -0.3 is 59.1 Å². The lowest BCUT2D eigenvalue weighted by atomic mass is 9.98. The number of phenolic OH excluding ortho intramolecular Hbond substituents is 1. The van der Waals surface area contributed by atoms with Gasteiger partial charge >= 0.3 is 0 Å². The van der Waals surface area contributed by atoms with E-state index in [1.54, 1.807) is 12.1 Å². The quantitative estimate of drug-likeness (QED) is 0.185. The van der Waals surface area contributed by atoms with Gasteiger partial charge in [0.1, 0.15) is 52.9 Å². The molecule has 210 valence electrons. The van der Waals surface area contributed by atoms with Gasteiger partial charge in [-0.05, 0) is 36.4 Å². The highest BCUT2D eigenvalue weighted by atomic mass is 16.8. The summed E-state index contributed by atoms with van der Waals surface area (Å²) in [4.78, 5) is 12.7. The van der Waals surface area contributed by atoms with E-state index in [1.165, 1.54) is 36.4 Å². The third-order valence-electron chi connectivity index (χ3n) is 6.80. The van der Waals surface area contributed by atoms with Crippen molar-refractivity contribution in [1.29, 1.82) is 0 Å². The number of rotatable bonds is 7. The molecule has 0 spiro atoms. The summed E-state index contributed by atoms with van der Waals surface area (Å²) in [6, 6.07) is 11.7. The van der Waals surface area contributed by atoms with Crippen LogP contribution < -0.4 is 10.2 Å². The van der Waals surface area contributed by atoms with Gasteiger partial charge in [-0.3, -0.25) is 4.79 Å². The first-order chi connectivity index (χ1) is 18.6. The number of fused-ring (bicyclic) bond motifs is 1. The van der Waals surface area contributed by atoms with Gasteiger partial charge in [0.2, 0.25) is 6.29 Å². The zero-order valence-corrected chi connectivity index (χ0v) is 20.4. The molecule has 0 saturated carbocycles. The lowest BCUT2D eigenvalue weighted by molar-refractivity contribution is -0.318. The summed E-state index contributed by atoms with van der Waals surface area (Å²) in [6.07, 6.45) is -10.7. The molecule has 13 heteroatoms. The normalized spacial score (nSPS) is 32.9. The standard InChI is InChI=1S/C26H28O13/c27-9-19-20(31)21(32)22(39-25-23(33)26(34,10-28)11-35-25)24(38-19)36-14-5-6-15-16(30)8-17(37-18(15)7-14)12-1-3-13(29)4-2-12/h1-8,19-25,27-29,31-34H,9-11H2/t19-,20-,21+,22-,23+,24-,25-,26-/m1/s1. The number of ether oxygens (including phenoxy) is 4. The summed E-state index contributed by atoms with van der Waals surface area (Å²) < 4.78 is 28.3. The second-order valence-corrected chi connectivity index (χ2v) is 9.49. The summed E-state index contributed by atoms with van der Waals surface area (Å²) >= 11 is 0. The molecule has 3 heterocycles. The predicted molar refractivity (Wildman–Crippen MR) is 131 cm³/mol. The molecule has 0 aliphatic carbocycles. The maximum absolute atomic E-state index is 12.7. The molecule has 2 fully saturated rings.